The van der Waals surface area contributed by atoms with E-state index in [-0.39, 0.29) is 24.5 Å². The number of nitrogens with zero attached hydrogens (tertiary/aromatic N) is 2. The van der Waals surface area contributed by atoms with Crippen molar-refractivity contribution in [3.8, 4) is 17.7 Å². The largest absolute Gasteiger partial charge is 0.491 e. The van der Waals surface area contributed by atoms with Crippen molar-refractivity contribution in [3.63, 3.8) is 0 Å². The van der Waals surface area contributed by atoms with E-state index in [4.69, 9.17) is 9.47 Å². The summed E-state index contributed by atoms with van der Waals surface area (Å²) in [7, 11) is 0. The first-order chi connectivity index (χ1) is 17.2. The van der Waals surface area contributed by atoms with E-state index in [9.17, 15) is 14.4 Å². The Morgan fingerprint density at radius 2 is 1.92 bits per heavy atom. The summed E-state index contributed by atoms with van der Waals surface area (Å²) >= 11 is 0. The number of aryl methyl sites for hydroxylation is 1. The zero-order valence-electron chi connectivity index (χ0n) is 21.1. The van der Waals surface area contributed by atoms with Crippen LogP contribution in [0.1, 0.15) is 48.9 Å². The number of benzene rings is 2. The number of nitriles is 1. The Hall–Kier alpha value is -3.92. The normalized spacial score (nSPS) is 12.8. The second-order valence-corrected chi connectivity index (χ2v) is 9.28. The molecule has 6 nitrogen and oxygen atoms in total. The standard InChI is InChI=1S/C29H32FN3O3/c1-20-12-14-32-27(16-20)36-29(3,4)28(34)33-21(2)26(24-7-5-6-23(17-24)19-31)18-22-8-10-25(11-9-22)35-15-13-30/h5-12,14,16-17,21,26H,13,15,18H2,1-4H3,(H,33,34)/t21-,26+/m0/s1. The fourth-order valence-corrected chi connectivity index (χ4v) is 3.91. The number of halogens is 1. The molecule has 0 saturated heterocycles. The molecule has 0 saturated carbocycles. The average molecular weight is 490 g/mol. The molecule has 0 radical (unpaired) electrons. The van der Waals surface area contributed by atoms with Crippen molar-refractivity contribution >= 4 is 5.91 Å². The molecular weight excluding hydrogens is 457 g/mol. The van der Waals surface area contributed by atoms with Gasteiger partial charge >= 0.3 is 0 Å². The predicted octanol–water partition coefficient (Wildman–Crippen LogP) is 5.30. The summed E-state index contributed by atoms with van der Waals surface area (Å²) in [5.74, 6) is 0.600. The van der Waals surface area contributed by atoms with E-state index in [1.165, 1.54) is 0 Å². The van der Waals surface area contributed by atoms with Crippen molar-refractivity contribution in [1.82, 2.24) is 10.3 Å². The van der Waals surface area contributed by atoms with E-state index in [2.05, 4.69) is 16.4 Å². The summed E-state index contributed by atoms with van der Waals surface area (Å²) < 4.78 is 23.7. The van der Waals surface area contributed by atoms with Crippen molar-refractivity contribution in [2.75, 3.05) is 13.3 Å². The number of hydrogen-bond acceptors (Lipinski definition) is 5. The lowest BCUT2D eigenvalue weighted by atomic mass is 9.85. The SMILES string of the molecule is Cc1ccnc(OC(C)(C)C(=O)N[C@@H](C)[C@@H](Cc2ccc(OCCF)cc2)c2cccc(C#N)c2)c1. The van der Waals surface area contributed by atoms with Crippen LogP contribution in [0.2, 0.25) is 0 Å². The molecule has 2 aromatic carbocycles. The molecule has 0 unspecified atom stereocenters. The maximum atomic E-state index is 13.3. The van der Waals surface area contributed by atoms with Crippen LogP contribution in [0.3, 0.4) is 0 Å². The van der Waals surface area contributed by atoms with Gasteiger partial charge in [0.1, 0.15) is 19.0 Å². The minimum absolute atomic E-state index is 0.0158. The predicted molar refractivity (Wildman–Crippen MR) is 137 cm³/mol. The quantitative estimate of drug-likeness (QED) is 0.395. The molecule has 1 amide bonds. The zero-order chi connectivity index (χ0) is 26.1. The van der Waals surface area contributed by atoms with Crippen molar-refractivity contribution in [3.05, 3.63) is 89.1 Å². The fraction of sp³-hybridized carbons (Fsp3) is 0.345. The Bertz CT molecular complexity index is 1200. The summed E-state index contributed by atoms with van der Waals surface area (Å²) in [6, 6.07) is 20.5. The van der Waals surface area contributed by atoms with Gasteiger partial charge in [0.15, 0.2) is 5.60 Å². The van der Waals surface area contributed by atoms with Crippen molar-refractivity contribution < 1.29 is 18.7 Å². The molecule has 1 heterocycles. The van der Waals surface area contributed by atoms with Crippen LogP contribution in [0, 0.1) is 18.3 Å². The molecule has 0 aliphatic rings. The number of carbonyl (C=O) groups excluding carboxylic acids is 1. The molecule has 2 atom stereocenters. The smallest absolute Gasteiger partial charge is 0.263 e. The van der Waals surface area contributed by atoms with E-state index in [1.54, 1.807) is 32.2 Å². The van der Waals surface area contributed by atoms with Crippen LogP contribution < -0.4 is 14.8 Å². The number of aromatic nitrogens is 1. The lowest BCUT2D eigenvalue weighted by Crippen LogP contribution is -2.51. The minimum Gasteiger partial charge on any atom is -0.491 e. The topological polar surface area (TPSA) is 84.2 Å². The summed E-state index contributed by atoms with van der Waals surface area (Å²) in [4.78, 5) is 17.5. The Morgan fingerprint density at radius 1 is 1.17 bits per heavy atom. The summed E-state index contributed by atoms with van der Waals surface area (Å²) in [6.45, 7) is 6.77. The third-order valence-electron chi connectivity index (χ3n) is 5.93. The zero-order valence-corrected chi connectivity index (χ0v) is 21.1. The lowest BCUT2D eigenvalue weighted by molar-refractivity contribution is -0.135. The fourth-order valence-electron chi connectivity index (χ4n) is 3.91. The average Bonchev–Trinajstić information content (AvgIpc) is 2.86. The Morgan fingerprint density at radius 3 is 2.58 bits per heavy atom. The Kier molecular flexibility index (Phi) is 9.02. The van der Waals surface area contributed by atoms with Gasteiger partial charge in [-0.05, 0) is 81.1 Å². The third kappa shape index (κ3) is 7.29. The maximum Gasteiger partial charge on any atom is 0.263 e. The third-order valence-corrected chi connectivity index (χ3v) is 5.93. The summed E-state index contributed by atoms with van der Waals surface area (Å²) in [6.07, 6.45) is 2.26. The first-order valence-corrected chi connectivity index (χ1v) is 11.9. The minimum atomic E-state index is -1.15. The summed E-state index contributed by atoms with van der Waals surface area (Å²) in [5.41, 5.74) is 2.36. The second-order valence-electron chi connectivity index (χ2n) is 9.28. The van der Waals surface area contributed by atoms with Crippen LogP contribution in [0.5, 0.6) is 11.6 Å². The first-order valence-electron chi connectivity index (χ1n) is 11.9. The molecule has 0 bridgehead atoms. The van der Waals surface area contributed by atoms with Crippen LogP contribution >= 0.6 is 0 Å². The number of carbonyl (C=O) groups is 1. The van der Waals surface area contributed by atoms with E-state index in [0.717, 1.165) is 16.7 Å². The molecule has 0 spiro atoms. The second kappa shape index (κ2) is 12.2. The van der Waals surface area contributed by atoms with Crippen LogP contribution in [-0.2, 0) is 11.2 Å². The molecule has 0 aliphatic heterocycles. The van der Waals surface area contributed by atoms with Gasteiger partial charge in [0.2, 0.25) is 5.88 Å². The number of hydrogen-bond donors (Lipinski definition) is 1. The van der Waals surface area contributed by atoms with Gasteiger partial charge in [-0.15, -0.1) is 0 Å². The van der Waals surface area contributed by atoms with Gasteiger partial charge in [0.25, 0.3) is 5.91 Å². The van der Waals surface area contributed by atoms with Crippen LogP contribution in [0.25, 0.3) is 0 Å². The maximum absolute atomic E-state index is 13.3. The van der Waals surface area contributed by atoms with Crippen LogP contribution in [0.15, 0.2) is 66.9 Å². The molecule has 0 fully saturated rings. The van der Waals surface area contributed by atoms with Crippen molar-refractivity contribution in [2.45, 2.75) is 51.7 Å². The molecule has 7 heteroatoms. The van der Waals surface area contributed by atoms with E-state index in [0.29, 0.717) is 23.6 Å². The Labute approximate surface area is 212 Å². The highest BCUT2D eigenvalue weighted by Gasteiger charge is 2.33. The van der Waals surface area contributed by atoms with E-state index >= 15 is 0 Å². The van der Waals surface area contributed by atoms with Gasteiger partial charge in [-0.1, -0.05) is 24.3 Å². The van der Waals surface area contributed by atoms with Gasteiger partial charge in [-0.25, -0.2) is 9.37 Å². The molecule has 1 aromatic heterocycles. The van der Waals surface area contributed by atoms with Crippen LogP contribution in [-0.4, -0.2) is 35.8 Å². The van der Waals surface area contributed by atoms with Gasteiger partial charge in [0.05, 0.1) is 11.6 Å². The van der Waals surface area contributed by atoms with Crippen molar-refractivity contribution in [2.24, 2.45) is 0 Å². The monoisotopic (exact) mass is 489 g/mol. The van der Waals surface area contributed by atoms with Crippen molar-refractivity contribution in [1.29, 1.82) is 5.26 Å². The molecule has 3 aromatic rings. The molecule has 188 valence electrons. The van der Waals surface area contributed by atoms with Gasteiger partial charge < -0.3 is 14.8 Å². The molecule has 36 heavy (non-hydrogen) atoms. The highest BCUT2D eigenvalue weighted by molar-refractivity contribution is 5.85. The number of rotatable bonds is 11. The number of alkyl halides is 1. The van der Waals surface area contributed by atoms with Gasteiger partial charge in [-0.2, -0.15) is 5.26 Å². The molecule has 0 aliphatic carbocycles. The van der Waals surface area contributed by atoms with Gasteiger partial charge in [-0.3, -0.25) is 4.79 Å². The highest BCUT2D eigenvalue weighted by atomic mass is 19.1. The first kappa shape index (κ1) is 26.7. The summed E-state index contributed by atoms with van der Waals surface area (Å²) in [5, 5.41) is 12.5. The number of nitrogens with one attached hydrogen (secondary N) is 1. The number of amides is 1. The lowest BCUT2D eigenvalue weighted by Gasteiger charge is -2.30. The number of ether oxygens (including phenoxy) is 2. The van der Waals surface area contributed by atoms with Gasteiger partial charge in [0, 0.05) is 24.2 Å². The highest BCUT2D eigenvalue weighted by Crippen LogP contribution is 2.27. The van der Waals surface area contributed by atoms with E-state index < -0.39 is 12.3 Å². The molecule has 1 N–H and O–H groups in total. The Balaban J connectivity index is 1.80. The molecule has 3 rings (SSSR count). The van der Waals surface area contributed by atoms with E-state index in [1.807, 2.05) is 62.4 Å². The molecular formula is C29H32FN3O3. The van der Waals surface area contributed by atoms with Crippen LogP contribution in [0.4, 0.5) is 4.39 Å². The number of pyridine rings is 1.